The number of ether oxygens (including phenoxy) is 2. The van der Waals surface area contributed by atoms with E-state index in [1.54, 1.807) is 12.1 Å². The Morgan fingerprint density at radius 2 is 1.46 bits per heavy atom. The lowest BCUT2D eigenvalue weighted by atomic mass is 10.2. The fraction of sp³-hybridized carbons (Fsp3) is 0.100. The number of benzene rings is 3. The van der Waals surface area contributed by atoms with Crippen LogP contribution in [-0.4, -0.2) is 4.92 Å². The average molecular weight is 370 g/mol. The molecule has 0 aromatic heterocycles. The minimum absolute atomic E-state index is 0.0161. The lowest BCUT2D eigenvalue weighted by Gasteiger charge is -2.10. The van der Waals surface area contributed by atoms with Crippen molar-refractivity contribution in [2.45, 2.75) is 13.2 Å². The number of hydrogen-bond acceptors (Lipinski definition) is 4. The molecule has 0 saturated carbocycles. The van der Waals surface area contributed by atoms with Gasteiger partial charge >= 0.3 is 0 Å². The van der Waals surface area contributed by atoms with Crippen LogP contribution in [0.5, 0.6) is 11.5 Å². The van der Waals surface area contributed by atoms with E-state index in [1.807, 2.05) is 42.5 Å². The average Bonchev–Trinajstić information content (AvgIpc) is 2.67. The highest BCUT2D eigenvalue weighted by Gasteiger charge is 2.10. The van der Waals surface area contributed by atoms with Crippen LogP contribution in [0.2, 0.25) is 5.02 Å². The number of non-ortho nitro benzene ring substituents is 1. The SMILES string of the molecule is O=[N+]([O-])c1ccc(Cl)c(COc2ccc(OCc3ccccc3)cc2)c1. The van der Waals surface area contributed by atoms with Gasteiger partial charge in [-0.15, -0.1) is 0 Å². The van der Waals surface area contributed by atoms with E-state index in [0.29, 0.717) is 22.9 Å². The van der Waals surface area contributed by atoms with Crippen molar-refractivity contribution < 1.29 is 14.4 Å². The molecule has 0 spiro atoms. The zero-order valence-electron chi connectivity index (χ0n) is 13.8. The molecule has 3 aromatic carbocycles. The van der Waals surface area contributed by atoms with Crippen molar-refractivity contribution in [2.75, 3.05) is 0 Å². The predicted octanol–water partition coefficient (Wildman–Crippen LogP) is 5.41. The van der Waals surface area contributed by atoms with E-state index >= 15 is 0 Å². The maximum Gasteiger partial charge on any atom is 0.269 e. The van der Waals surface area contributed by atoms with E-state index < -0.39 is 4.92 Å². The zero-order valence-corrected chi connectivity index (χ0v) is 14.6. The van der Waals surface area contributed by atoms with Gasteiger partial charge in [-0.2, -0.15) is 0 Å². The van der Waals surface area contributed by atoms with Crippen LogP contribution in [-0.2, 0) is 13.2 Å². The highest BCUT2D eigenvalue weighted by Crippen LogP contribution is 2.25. The minimum Gasteiger partial charge on any atom is -0.489 e. The summed E-state index contributed by atoms with van der Waals surface area (Å²) in [6.45, 7) is 0.634. The molecule has 0 bridgehead atoms. The molecule has 0 radical (unpaired) electrons. The Bertz CT molecular complexity index is 882. The second-order valence-electron chi connectivity index (χ2n) is 5.57. The van der Waals surface area contributed by atoms with Crippen molar-refractivity contribution >= 4 is 17.3 Å². The second kappa shape index (κ2) is 8.36. The number of nitro benzene ring substituents is 1. The van der Waals surface area contributed by atoms with Crippen LogP contribution in [0.1, 0.15) is 11.1 Å². The van der Waals surface area contributed by atoms with Crippen LogP contribution >= 0.6 is 11.6 Å². The van der Waals surface area contributed by atoms with Gasteiger partial charge in [0.15, 0.2) is 0 Å². The summed E-state index contributed by atoms with van der Waals surface area (Å²) in [5.74, 6) is 1.36. The van der Waals surface area contributed by atoms with Crippen LogP contribution in [0.3, 0.4) is 0 Å². The first-order valence-electron chi connectivity index (χ1n) is 7.94. The molecule has 0 fully saturated rings. The quantitative estimate of drug-likeness (QED) is 0.413. The van der Waals surface area contributed by atoms with Crippen molar-refractivity contribution in [3.8, 4) is 11.5 Å². The molecule has 5 nitrogen and oxygen atoms in total. The summed E-state index contributed by atoms with van der Waals surface area (Å²) >= 11 is 6.07. The van der Waals surface area contributed by atoms with Gasteiger partial charge in [0.2, 0.25) is 0 Å². The van der Waals surface area contributed by atoms with Gasteiger partial charge in [0.25, 0.3) is 5.69 Å². The van der Waals surface area contributed by atoms with E-state index in [-0.39, 0.29) is 12.3 Å². The highest BCUT2D eigenvalue weighted by molar-refractivity contribution is 6.31. The lowest BCUT2D eigenvalue weighted by Crippen LogP contribution is -1.98. The summed E-state index contributed by atoms with van der Waals surface area (Å²) in [6, 6.07) is 21.4. The third-order valence-electron chi connectivity index (χ3n) is 3.71. The third-order valence-corrected chi connectivity index (χ3v) is 4.08. The lowest BCUT2D eigenvalue weighted by molar-refractivity contribution is -0.384. The molecule has 132 valence electrons. The maximum atomic E-state index is 10.8. The van der Waals surface area contributed by atoms with Gasteiger partial charge in [0, 0.05) is 22.7 Å². The summed E-state index contributed by atoms with van der Waals surface area (Å²) in [6.07, 6.45) is 0. The van der Waals surface area contributed by atoms with Crippen molar-refractivity contribution in [3.05, 3.63) is 99.1 Å². The largest absolute Gasteiger partial charge is 0.489 e. The number of hydrogen-bond donors (Lipinski definition) is 0. The molecule has 0 aliphatic rings. The highest BCUT2D eigenvalue weighted by atomic mass is 35.5. The van der Waals surface area contributed by atoms with E-state index in [1.165, 1.54) is 18.2 Å². The Morgan fingerprint density at radius 1 is 0.846 bits per heavy atom. The third kappa shape index (κ3) is 4.74. The van der Waals surface area contributed by atoms with Crippen LogP contribution in [0.25, 0.3) is 0 Å². The molecule has 0 saturated heterocycles. The van der Waals surface area contributed by atoms with Crippen molar-refractivity contribution in [1.29, 1.82) is 0 Å². The second-order valence-corrected chi connectivity index (χ2v) is 5.97. The molecule has 0 heterocycles. The van der Waals surface area contributed by atoms with Gasteiger partial charge in [0.1, 0.15) is 24.7 Å². The van der Waals surface area contributed by atoms with Crippen molar-refractivity contribution in [3.63, 3.8) is 0 Å². The summed E-state index contributed by atoms with van der Waals surface area (Å²) in [7, 11) is 0. The fourth-order valence-electron chi connectivity index (χ4n) is 2.32. The number of rotatable bonds is 7. The monoisotopic (exact) mass is 369 g/mol. The summed E-state index contributed by atoms with van der Waals surface area (Å²) in [5, 5.41) is 11.3. The van der Waals surface area contributed by atoms with E-state index in [4.69, 9.17) is 21.1 Å². The standard InChI is InChI=1S/C20H16ClNO4/c21-20-11-6-17(22(23)24)12-16(20)14-26-19-9-7-18(8-10-19)25-13-15-4-2-1-3-5-15/h1-12H,13-14H2. The zero-order chi connectivity index (χ0) is 18.4. The normalized spacial score (nSPS) is 10.3. The Kier molecular flexibility index (Phi) is 5.71. The first-order chi connectivity index (χ1) is 12.6. The Labute approximate surface area is 155 Å². The van der Waals surface area contributed by atoms with Gasteiger partial charge in [-0.25, -0.2) is 0 Å². The first-order valence-corrected chi connectivity index (χ1v) is 8.32. The van der Waals surface area contributed by atoms with Crippen LogP contribution in [0, 0.1) is 10.1 Å². The number of nitrogens with zero attached hydrogens (tertiary/aromatic N) is 1. The molecule has 0 N–H and O–H groups in total. The van der Waals surface area contributed by atoms with Crippen LogP contribution in [0.4, 0.5) is 5.69 Å². The molecule has 0 aliphatic carbocycles. The Hall–Kier alpha value is -3.05. The molecular weight excluding hydrogens is 354 g/mol. The molecule has 0 amide bonds. The Morgan fingerprint density at radius 3 is 2.08 bits per heavy atom. The summed E-state index contributed by atoms with van der Waals surface area (Å²) < 4.78 is 11.4. The molecular formula is C20H16ClNO4. The van der Waals surface area contributed by atoms with Gasteiger partial charge < -0.3 is 9.47 Å². The van der Waals surface area contributed by atoms with E-state index in [2.05, 4.69) is 0 Å². The van der Waals surface area contributed by atoms with Gasteiger partial charge in [-0.05, 0) is 35.9 Å². The number of halogens is 1. The maximum absolute atomic E-state index is 10.8. The van der Waals surface area contributed by atoms with Crippen molar-refractivity contribution in [2.24, 2.45) is 0 Å². The topological polar surface area (TPSA) is 61.6 Å². The van der Waals surface area contributed by atoms with Gasteiger partial charge in [-0.1, -0.05) is 41.9 Å². The fourth-order valence-corrected chi connectivity index (χ4v) is 2.49. The summed E-state index contributed by atoms with van der Waals surface area (Å²) in [4.78, 5) is 10.4. The predicted molar refractivity (Wildman–Crippen MR) is 99.7 cm³/mol. The van der Waals surface area contributed by atoms with Gasteiger partial charge in [0.05, 0.1) is 4.92 Å². The molecule has 3 aromatic rings. The van der Waals surface area contributed by atoms with Crippen LogP contribution in [0.15, 0.2) is 72.8 Å². The smallest absolute Gasteiger partial charge is 0.269 e. The molecule has 3 rings (SSSR count). The molecule has 0 unspecified atom stereocenters. The van der Waals surface area contributed by atoms with Gasteiger partial charge in [-0.3, -0.25) is 10.1 Å². The minimum atomic E-state index is -0.460. The molecule has 0 atom stereocenters. The summed E-state index contributed by atoms with van der Waals surface area (Å²) in [5.41, 5.74) is 1.64. The van der Waals surface area contributed by atoms with E-state index in [9.17, 15) is 10.1 Å². The molecule has 6 heteroatoms. The number of nitro groups is 1. The Balaban J connectivity index is 1.58. The van der Waals surface area contributed by atoms with E-state index in [0.717, 1.165) is 11.3 Å². The first kappa shape index (κ1) is 17.8. The van der Waals surface area contributed by atoms with Crippen molar-refractivity contribution in [1.82, 2.24) is 0 Å². The molecule has 0 aliphatic heterocycles. The van der Waals surface area contributed by atoms with Crippen LogP contribution < -0.4 is 9.47 Å². The molecule has 26 heavy (non-hydrogen) atoms.